The lowest BCUT2D eigenvalue weighted by Crippen LogP contribution is -2.20. The van der Waals surface area contributed by atoms with Crippen molar-refractivity contribution in [2.45, 2.75) is 0 Å². The van der Waals surface area contributed by atoms with E-state index < -0.39 is 0 Å². The van der Waals surface area contributed by atoms with E-state index in [2.05, 4.69) is 15.6 Å². The third kappa shape index (κ3) is 3.75. The molecule has 0 aliphatic carbocycles. The molecule has 1 amide bonds. The largest absolute Gasteiger partial charge is 0.497 e. The van der Waals surface area contributed by atoms with Crippen molar-refractivity contribution in [3.63, 3.8) is 0 Å². The molecule has 2 rings (SSSR count). The monoisotopic (exact) mass is 414 g/mol. The van der Waals surface area contributed by atoms with Crippen molar-refractivity contribution < 1.29 is 14.3 Å². The molecule has 116 valence electrons. The molecule has 0 atom stereocenters. The molecule has 0 spiro atoms. The summed E-state index contributed by atoms with van der Waals surface area (Å²) in [5.74, 6) is 0.955. The van der Waals surface area contributed by atoms with Gasteiger partial charge in [-0.1, -0.05) is 0 Å². The summed E-state index contributed by atoms with van der Waals surface area (Å²) in [6.07, 6.45) is 1.51. The average molecular weight is 414 g/mol. The normalized spacial score (nSPS) is 10.7. The van der Waals surface area contributed by atoms with E-state index in [9.17, 15) is 4.79 Å². The summed E-state index contributed by atoms with van der Waals surface area (Å²) in [6.45, 7) is 0. The zero-order valence-electron chi connectivity index (χ0n) is 12.3. The number of ether oxygens (including phenoxy) is 2. The van der Waals surface area contributed by atoms with Gasteiger partial charge in [0.25, 0.3) is 5.91 Å². The van der Waals surface area contributed by atoms with Crippen LogP contribution in [0, 0.1) is 3.70 Å². The van der Waals surface area contributed by atoms with Crippen molar-refractivity contribution in [1.29, 1.82) is 0 Å². The van der Waals surface area contributed by atoms with Crippen molar-refractivity contribution >= 4 is 34.7 Å². The molecule has 0 unspecified atom stereocenters. The maximum atomic E-state index is 12.0. The van der Waals surface area contributed by atoms with Gasteiger partial charge in [-0.15, -0.1) is 0 Å². The Morgan fingerprint density at radius 3 is 2.73 bits per heavy atom. The van der Waals surface area contributed by atoms with Gasteiger partial charge in [0.1, 0.15) is 20.9 Å². The lowest BCUT2D eigenvalue weighted by Gasteiger charge is -2.06. The number of amides is 1. The summed E-state index contributed by atoms with van der Waals surface area (Å²) in [4.78, 5) is 12.0. The second-order valence-electron chi connectivity index (χ2n) is 4.28. The summed E-state index contributed by atoms with van der Waals surface area (Å²) >= 11 is 2.04. The summed E-state index contributed by atoms with van der Waals surface area (Å²) in [5, 5.41) is 8.05. The Hall–Kier alpha value is -2.10. The number of hydrogen-bond acceptors (Lipinski definition) is 5. The van der Waals surface area contributed by atoms with Crippen LogP contribution in [-0.4, -0.2) is 36.1 Å². The molecule has 1 N–H and O–H groups in total. The standard InChI is InChI=1S/C14H15IN4O3/c1-19-11(7-13(15)18-19)14(20)17-16-8-9-4-5-10(21-2)6-12(9)22-3/h4-8H,1-3H3,(H,17,20)/b16-8-. The summed E-state index contributed by atoms with van der Waals surface area (Å²) in [7, 11) is 4.84. The Morgan fingerprint density at radius 1 is 1.36 bits per heavy atom. The molecule has 8 heteroatoms. The quantitative estimate of drug-likeness (QED) is 0.460. The molecule has 7 nitrogen and oxygen atoms in total. The van der Waals surface area contributed by atoms with Gasteiger partial charge in [0, 0.05) is 24.7 Å². The van der Waals surface area contributed by atoms with Crippen LogP contribution in [0.5, 0.6) is 11.5 Å². The summed E-state index contributed by atoms with van der Waals surface area (Å²) in [6, 6.07) is 7.00. The van der Waals surface area contributed by atoms with Crippen molar-refractivity contribution in [2.75, 3.05) is 14.2 Å². The first-order valence-corrected chi connectivity index (χ1v) is 7.38. The van der Waals surface area contributed by atoms with Crippen LogP contribution in [0.1, 0.15) is 16.1 Å². The maximum absolute atomic E-state index is 12.0. The predicted octanol–water partition coefficient (Wildman–Crippen LogP) is 1.81. The van der Waals surface area contributed by atoms with Crippen molar-refractivity contribution in [3.8, 4) is 11.5 Å². The minimum Gasteiger partial charge on any atom is -0.497 e. The molecule has 0 radical (unpaired) electrons. The highest BCUT2D eigenvalue weighted by atomic mass is 127. The molecule has 0 fully saturated rings. The third-order valence-corrected chi connectivity index (χ3v) is 3.42. The van der Waals surface area contributed by atoms with Gasteiger partial charge in [-0.05, 0) is 34.7 Å². The number of aromatic nitrogens is 2. The number of rotatable bonds is 5. The van der Waals surface area contributed by atoms with Gasteiger partial charge in [0.15, 0.2) is 0 Å². The third-order valence-electron chi connectivity index (χ3n) is 2.89. The van der Waals surface area contributed by atoms with Crippen LogP contribution in [0.25, 0.3) is 0 Å². The Morgan fingerprint density at radius 2 is 2.14 bits per heavy atom. The number of hydrazone groups is 1. The zero-order chi connectivity index (χ0) is 16.1. The first-order chi connectivity index (χ1) is 10.5. The van der Waals surface area contributed by atoms with Gasteiger partial charge in [-0.3, -0.25) is 9.48 Å². The minimum absolute atomic E-state index is 0.332. The van der Waals surface area contributed by atoms with E-state index in [-0.39, 0.29) is 5.91 Å². The van der Waals surface area contributed by atoms with Crippen LogP contribution in [0.2, 0.25) is 0 Å². The molecule has 1 aromatic heterocycles. The zero-order valence-corrected chi connectivity index (χ0v) is 14.5. The fraction of sp³-hybridized carbons (Fsp3) is 0.214. The maximum Gasteiger partial charge on any atom is 0.289 e. The number of halogens is 1. The number of nitrogens with zero attached hydrogens (tertiary/aromatic N) is 3. The van der Waals surface area contributed by atoms with Crippen LogP contribution in [0.15, 0.2) is 29.4 Å². The molecule has 1 aromatic carbocycles. The average Bonchev–Trinajstić information content (AvgIpc) is 2.86. The summed E-state index contributed by atoms with van der Waals surface area (Å²) in [5.41, 5.74) is 3.62. The number of benzene rings is 1. The lowest BCUT2D eigenvalue weighted by atomic mass is 10.2. The highest BCUT2D eigenvalue weighted by molar-refractivity contribution is 14.1. The Bertz CT molecular complexity index is 712. The Balaban J connectivity index is 2.09. The topological polar surface area (TPSA) is 77.7 Å². The molecule has 0 saturated carbocycles. The molecule has 22 heavy (non-hydrogen) atoms. The van der Waals surface area contributed by atoms with E-state index in [1.54, 1.807) is 45.5 Å². The smallest absolute Gasteiger partial charge is 0.289 e. The molecule has 1 heterocycles. The van der Waals surface area contributed by atoms with Gasteiger partial charge in [-0.2, -0.15) is 10.2 Å². The number of hydrogen-bond donors (Lipinski definition) is 1. The molecule has 0 bridgehead atoms. The van der Waals surface area contributed by atoms with Gasteiger partial charge < -0.3 is 9.47 Å². The molecule has 0 saturated heterocycles. The van der Waals surface area contributed by atoms with Crippen molar-refractivity contribution in [2.24, 2.45) is 12.1 Å². The van der Waals surface area contributed by atoms with Crippen LogP contribution < -0.4 is 14.9 Å². The van der Waals surface area contributed by atoms with E-state index in [1.807, 2.05) is 22.6 Å². The number of nitrogens with one attached hydrogen (secondary N) is 1. The molecule has 0 aliphatic rings. The fourth-order valence-corrected chi connectivity index (χ4v) is 2.41. The SMILES string of the molecule is COc1ccc(/C=N\NC(=O)c2cc(I)nn2C)c(OC)c1. The van der Waals surface area contributed by atoms with E-state index in [0.717, 1.165) is 9.26 Å². The molecule has 2 aromatic rings. The van der Waals surface area contributed by atoms with Crippen LogP contribution in [-0.2, 0) is 7.05 Å². The van der Waals surface area contributed by atoms with Gasteiger partial charge in [0.05, 0.1) is 20.4 Å². The lowest BCUT2D eigenvalue weighted by molar-refractivity contribution is 0.0945. The minimum atomic E-state index is -0.332. The Labute approximate surface area is 141 Å². The van der Waals surface area contributed by atoms with Crippen LogP contribution >= 0.6 is 22.6 Å². The highest BCUT2D eigenvalue weighted by Crippen LogP contribution is 2.22. The van der Waals surface area contributed by atoms with Gasteiger partial charge in [0.2, 0.25) is 0 Å². The predicted molar refractivity (Wildman–Crippen MR) is 90.5 cm³/mol. The highest BCUT2D eigenvalue weighted by Gasteiger charge is 2.11. The Kier molecular flexibility index (Phi) is 5.36. The number of carbonyl (C=O) groups is 1. The second-order valence-corrected chi connectivity index (χ2v) is 5.39. The van der Waals surface area contributed by atoms with E-state index in [1.165, 1.54) is 10.9 Å². The second kappa shape index (κ2) is 7.25. The van der Waals surface area contributed by atoms with Crippen LogP contribution in [0.4, 0.5) is 0 Å². The number of methoxy groups -OCH3 is 2. The van der Waals surface area contributed by atoms with Crippen molar-refractivity contribution in [1.82, 2.24) is 15.2 Å². The van der Waals surface area contributed by atoms with Gasteiger partial charge >= 0.3 is 0 Å². The first-order valence-electron chi connectivity index (χ1n) is 6.30. The van der Waals surface area contributed by atoms with Crippen LogP contribution in [0.3, 0.4) is 0 Å². The number of aryl methyl sites for hydroxylation is 1. The molecular formula is C14H15IN4O3. The first kappa shape index (κ1) is 16.3. The molecular weight excluding hydrogens is 399 g/mol. The molecule has 0 aliphatic heterocycles. The van der Waals surface area contributed by atoms with E-state index >= 15 is 0 Å². The van der Waals surface area contributed by atoms with Gasteiger partial charge in [-0.25, -0.2) is 5.43 Å². The summed E-state index contributed by atoms with van der Waals surface area (Å²) < 4.78 is 12.6. The van der Waals surface area contributed by atoms with E-state index in [4.69, 9.17) is 9.47 Å². The van der Waals surface area contributed by atoms with E-state index in [0.29, 0.717) is 17.2 Å². The number of carbonyl (C=O) groups excluding carboxylic acids is 1. The fourth-order valence-electron chi connectivity index (χ4n) is 1.79. The van der Waals surface area contributed by atoms with Crippen molar-refractivity contribution in [3.05, 3.63) is 39.2 Å².